The van der Waals surface area contributed by atoms with E-state index in [0.29, 0.717) is 0 Å². The summed E-state index contributed by atoms with van der Waals surface area (Å²) in [6.07, 6.45) is 6.77. The summed E-state index contributed by atoms with van der Waals surface area (Å²) < 4.78 is 0. The predicted octanol–water partition coefficient (Wildman–Crippen LogP) is 3.52. The van der Waals surface area contributed by atoms with Gasteiger partial charge in [0.1, 0.15) is 0 Å². The fourth-order valence-electron chi connectivity index (χ4n) is 1.52. The van der Waals surface area contributed by atoms with Crippen LogP contribution in [0, 0.1) is 0 Å². The molecule has 1 aliphatic rings. The predicted molar refractivity (Wildman–Crippen MR) is 63.8 cm³/mol. The summed E-state index contributed by atoms with van der Waals surface area (Å²) in [5.74, 6) is 0. The molecule has 3 heteroatoms. The number of hydrogen-bond acceptors (Lipinski definition) is 2. The van der Waals surface area contributed by atoms with E-state index in [4.69, 9.17) is 0 Å². The van der Waals surface area contributed by atoms with Gasteiger partial charge in [-0.2, -0.15) is 0 Å². The minimum absolute atomic E-state index is 0.799. The molecule has 0 aliphatic heterocycles. The molecular weight excluding hydrogens is 191 g/mol. The van der Waals surface area contributed by atoms with Gasteiger partial charge in [-0.25, -0.2) is 0 Å². The summed E-state index contributed by atoms with van der Waals surface area (Å²) in [5, 5.41) is 0. The summed E-state index contributed by atoms with van der Waals surface area (Å²) >= 11 is 0. The van der Waals surface area contributed by atoms with E-state index in [-0.39, 0.29) is 0 Å². The second-order valence-corrected chi connectivity index (χ2v) is 12.3. The SMILES string of the molecule is CSSC[PH](C)(C)C1CCC1. The van der Waals surface area contributed by atoms with E-state index in [1.165, 1.54) is 24.8 Å². The van der Waals surface area contributed by atoms with Crippen LogP contribution in [0.2, 0.25) is 0 Å². The second-order valence-electron chi connectivity index (χ2n) is 4.05. The van der Waals surface area contributed by atoms with Crippen molar-refractivity contribution in [1.82, 2.24) is 0 Å². The van der Waals surface area contributed by atoms with Gasteiger partial charge in [0.2, 0.25) is 0 Å². The molecular formula is C8H19PS2. The number of hydrogen-bond donors (Lipinski definition) is 0. The van der Waals surface area contributed by atoms with Gasteiger partial charge in [0.15, 0.2) is 0 Å². The summed E-state index contributed by atoms with van der Waals surface area (Å²) in [7, 11) is 3.20. The average molecular weight is 210 g/mol. The molecule has 0 aromatic heterocycles. The molecule has 0 bridgehead atoms. The summed E-state index contributed by atoms with van der Waals surface area (Å²) in [6, 6.07) is 0. The van der Waals surface area contributed by atoms with Gasteiger partial charge in [-0.1, -0.05) is 0 Å². The Labute approximate surface area is 79.0 Å². The van der Waals surface area contributed by atoms with Gasteiger partial charge in [0, 0.05) is 0 Å². The zero-order valence-corrected chi connectivity index (χ0v) is 10.4. The summed E-state index contributed by atoms with van der Waals surface area (Å²) in [6.45, 7) is 5.11. The molecule has 0 amide bonds. The Morgan fingerprint density at radius 2 is 2.00 bits per heavy atom. The Kier molecular flexibility index (Phi) is 4.08. The van der Waals surface area contributed by atoms with Crippen molar-refractivity contribution < 1.29 is 0 Å². The Balaban J connectivity index is 2.25. The molecule has 0 atom stereocenters. The fourth-order valence-corrected chi connectivity index (χ4v) is 9.91. The van der Waals surface area contributed by atoms with Gasteiger partial charge in [0.25, 0.3) is 0 Å². The third-order valence-electron chi connectivity index (χ3n) is 2.76. The maximum atomic E-state index is 2.56. The molecule has 0 nitrogen and oxygen atoms in total. The monoisotopic (exact) mass is 210 g/mol. The average Bonchev–Trinajstić information content (AvgIpc) is 1.78. The van der Waals surface area contributed by atoms with Crippen LogP contribution in [0.25, 0.3) is 0 Å². The first kappa shape index (κ1) is 10.2. The summed E-state index contributed by atoms with van der Waals surface area (Å²) in [5.41, 5.74) is 2.61. The van der Waals surface area contributed by atoms with Crippen LogP contribution in [0.3, 0.4) is 0 Å². The van der Waals surface area contributed by atoms with E-state index in [0.717, 1.165) is 5.66 Å². The second kappa shape index (κ2) is 4.39. The van der Waals surface area contributed by atoms with E-state index in [1.54, 1.807) is 0 Å². The van der Waals surface area contributed by atoms with Crippen LogP contribution in [0.15, 0.2) is 0 Å². The zero-order valence-electron chi connectivity index (χ0n) is 7.72. The van der Waals surface area contributed by atoms with Crippen LogP contribution >= 0.6 is 28.9 Å². The Hall–Kier alpha value is 1.13. The van der Waals surface area contributed by atoms with E-state index in [1.807, 2.05) is 10.8 Å². The molecule has 68 valence electrons. The van der Waals surface area contributed by atoms with Crippen molar-refractivity contribution in [3.63, 3.8) is 0 Å². The van der Waals surface area contributed by atoms with E-state index in [2.05, 4.69) is 30.4 Å². The molecule has 1 aliphatic carbocycles. The minimum atomic E-state index is -0.799. The van der Waals surface area contributed by atoms with Gasteiger partial charge in [0.05, 0.1) is 0 Å². The molecule has 0 unspecified atom stereocenters. The zero-order chi connectivity index (χ0) is 8.32. The maximum absolute atomic E-state index is 2.56. The molecule has 1 saturated carbocycles. The molecule has 0 radical (unpaired) electrons. The molecule has 0 saturated heterocycles. The quantitative estimate of drug-likeness (QED) is 0.514. The molecule has 0 heterocycles. The van der Waals surface area contributed by atoms with Gasteiger partial charge in [-0.15, -0.1) is 0 Å². The Morgan fingerprint density at radius 1 is 1.36 bits per heavy atom. The normalized spacial score (nSPS) is 21.4. The van der Waals surface area contributed by atoms with Crippen LogP contribution in [0.5, 0.6) is 0 Å². The van der Waals surface area contributed by atoms with Crippen LogP contribution in [-0.2, 0) is 0 Å². The van der Waals surface area contributed by atoms with Crippen LogP contribution in [0.1, 0.15) is 19.3 Å². The van der Waals surface area contributed by atoms with Crippen molar-refractivity contribution in [2.45, 2.75) is 24.9 Å². The Morgan fingerprint density at radius 3 is 2.36 bits per heavy atom. The molecule has 0 N–H and O–H groups in total. The first-order valence-electron chi connectivity index (χ1n) is 4.32. The first-order valence-corrected chi connectivity index (χ1v) is 10.3. The Bertz CT molecular complexity index is 121. The van der Waals surface area contributed by atoms with Gasteiger partial charge in [-0.05, 0) is 0 Å². The van der Waals surface area contributed by atoms with Crippen molar-refractivity contribution in [2.24, 2.45) is 0 Å². The van der Waals surface area contributed by atoms with E-state index < -0.39 is 7.26 Å². The van der Waals surface area contributed by atoms with Gasteiger partial charge >= 0.3 is 78.9 Å². The van der Waals surface area contributed by atoms with E-state index >= 15 is 0 Å². The van der Waals surface area contributed by atoms with Crippen molar-refractivity contribution in [2.75, 3.05) is 25.1 Å². The standard InChI is InChI=1S/C8H19PS2/c1-9(2,7-11-10-3)8-5-4-6-8/h8-9H,4-7H2,1-3H3. The molecule has 0 aromatic carbocycles. The first-order chi connectivity index (χ1) is 5.17. The third kappa shape index (κ3) is 2.82. The van der Waals surface area contributed by atoms with Crippen molar-refractivity contribution in [3.8, 4) is 0 Å². The van der Waals surface area contributed by atoms with Crippen LogP contribution in [-0.4, -0.2) is 30.7 Å². The van der Waals surface area contributed by atoms with Crippen molar-refractivity contribution >= 4 is 28.9 Å². The third-order valence-corrected chi connectivity index (χ3v) is 11.0. The van der Waals surface area contributed by atoms with Crippen molar-refractivity contribution in [1.29, 1.82) is 0 Å². The van der Waals surface area contributed by atoms with Crippen molar-refractivity contribution in [3.05, 3.63) is 0 Å². The van der Waals surface area contributed by atoms with Gasteiger partial charge in [-0.3, -0.25) is 0 Å². The fraction of sp³-hybridized carbons (Fsp3) is 1.00. The van der Waals surface area contributed by atoms with E-state index in [9.17, 15) is 0 Å². The molecule has 0 aromatic rings. The van der Waals surface area contributed by atoms with Gasteiger partial charge < -0.3 is 0 Å². The summed E-state index contributed by atoms with van der Waals surface area (Å²) in [4.78, 5) is 0. The molecule has 11 heavy (non-hydrogen) atoms. The number of rotatable bonds is 4. The van der Waals surface area contributed by atoms with Crippen LogP contribution < -0.4 is 0 Å². The topological polar surface area (TPSA) is 0 Å². The molecule has 1 rings (SSSR count). The molecule has 1 fully saturated rings. The van der Waals surface area contributed by atoms with Crippen LogP contribution in [0.4, 0.5) is 0 Å². The molecule has 0 spiro atoms.